The van der Waals surface area contributed by atoms with Crippen molar-refractivity contribution < 1.29 is 12.8 Å². The number of anilines is 1. The second-order valence-electron chi connectivity index (χ2n) is 7.45. The number of aromatic nitrogens is 1. The van der Waals surface area contributed by atoms with Crippen LogP contribution in [0.4, 0.5) is 5.69 Å². The number of nitrogens with zero attached hydrogens (tertiary/aromatic N) is 3. The number of oxazole rings is 1. The summed E-state index contributed by atoms with van der Waals surface area (Å²) in [6.45, 7) is 8.25. The largest absolute Gasteiger partial charge is 0.441 e. The van der Waals surface area contributed by atoms with E-state index in [1.54, 1.807) is 41.7 Å². The Morgan fingerprint density at radius 1 is 0.931 bits per heavy atom. The van der Waals surface area contributed by atoms with E-state index in [0.717, 1.165) is 5.56 Å². The standard InChI is InChI=1S/C22H25N3O3S/c1-16-4-5-17(2)21(14-16)24-10-12-25(13-11-24)29(26,27)20-8-6-19(7-9-20)22-15-23-18(3)28-22/h4-9,14-15H,10-13H2,1-3H3. The molecule has 0 saturated carbocycles. The fourth-order valence-corrected chi connectivity index (χ4v) is 5.09. The summed E-state index contributed by atoms with van der Waals surface area (Å²) in [6.07, 6.45) is 1.64. The summed E-state index contributed by atoms with van der Waals surface area (Å²) in [5, 5.41) is 0. The normalized spacial score (nSPS) is 15.6. The van der Waals surface area contributed by atoms with Crippen molar-refractivity contribution in [2.75, 3.05) is 31.1 Å². The van der Waals surface area contributed by atoms with Crippen LogP contribution in [-0.4, -0.2) is 43.9 Å². The van der Waals surface area contributed by atoms with Gasteiger partial charge in [0.25, 0.3) is 0 Å². The SMILES string of the molecule is Cc1ccc(C)c(N2CCN(S(=O)(=O)c3ccc(-c4cnc(C)o4)cc3)CC2)c1. The van der Waals surface area contributed by atoms with Crippen molar-refractivity contribution in [2.45, 2.75) is 25.7 Å². The van der Waals surface area contributed by atoms with Gasteiger partial charge < -0.3 is 9.32 Å². The smallest absolute Gasteiger partial charge is 0.243 e. The van der Waals surface area contributed by atoms with Crippen LogP contribution in [0.25, 0.3) is 11.3 Å². The van der Waals surface area contributed by atoms with Crippen molar-refractivity contribution in [2.24, 2.45) is 0 Å². The average molecular weight is 412 g/mol. The first kappa shape index (κ1) is 19.7. The molecule has 1 aliphatic rings. The van der Waals surface area contributed by atoms with Crippen molar-refractivity contribution in [3.05, 3.63) is 65.7 Å². The second-order valence-corrected chi connectivity index (χ2v) is 9.39. The van der Waals surface area contributed by atoms with Crippen LogP contribution in [0.15, 0.2) is 58.0 Å². The first-order valence-electron chi connectivity index (χ1n) is 9.70. The van der Waals surface area contributed by atoms with Gasteiger partial charge in [0, 0.05) is 44.4 Å². The number of aryl methyl sites for hydroxylation is 3. The molecule has 2 aromatic carbocycles. The van der Waals surface area contributed by atoms with Gasteiger partial charge in [-0.1, -0.05) is 12.1 Å². The monoisotopic (exact) mass is 411 g/mol. The Bertz CT molecular complexity index is 1110. The van der Waals surface area contributed by atoms with Crippen LogP contribution in [0.5, 0.6) is 0 Å². The van der Waals surface area contributed by atoms with Gasteiger partial charge in [0.15, 0.2) is 11.7 Å². The molecule has 0 aliphatic carbocycles. The van der Waals surface area contributed by atoms with Crippen LogP contribution < -0.4 is 4.90 Å². The number of sulfonamides is 1. The summed E-state index contributed by atoms with van der Waals surface area (Å²) in [6, 6.07) is 13.2. The fraction of sp³-hybridized carbons (Fsp3) is 0.318. The Morgan fingerprint density at radius 2 is 1.62 bits per heavy atom. The van der Waals surface area contributed by atoms with E-state index in [2.05, 4.69) is 41.9 Å². The molecule has 1 aromatic heterocycles. The quantitative estimate of drug-likeness (QED) is 0.654. The molecule has 0 atom stereocenters. The van der Waals surface area contributed by atoms with Gasteiger partial charge in [-0.15, -0.1) is 0 Å². The molecule has 0 N–H and O–H groups in total. The molecule has 1 fully saturated rings. The zero-order valence-corrected chi connectivity index (χ0v) is 17.7. The lowest BCUT2D eigenvalue weighted by molar-refractivity contribution is 0.384. The third-order valence-electron chi connectivity index (χ3n) is 5.34. The van der Waals surface area contributed by atoms with Gasteiger partial charge in [0.1, 0.15) is 0 Å². The molecule has 0 unspecified atom stereocenters. The molecule has 1 saturated heterocycles. The molecule has 6 nitrogen and oxygen atoms in total. The third kappa shape index (κ3) is 3.93. The summed E-state index contributed by atoms with van der Waals surface area (Å²) in [4.78, 5) is 6.65. The number of rotatable bonds is 4. The molecule has 0 amide bonds. The molecule has 2 heterocycles. The van der Waals surface area contributed by atoms with E-state index in [4.69, 9.17) is 4.42 Å². The highest BCUT2D eigenvalue weighted by atomic mass is 32.2. The van der Waals surface area contributed by atoms with Crippen molar-refractivity contribution in [3.63, 3.8) is 0 Å². The van der Waals surface area contributed by atoms with E-state index in [1.165, 1.54) is 16.8 Å². The summed E-state index contributed by atoms with van der Waals surface area (Å²) in [5.74, 6) is 1.21. The summed E-state index contributed by atoms with van der Waals surface area (Å²) in [7, 11) is -3.52. The molecular formula is C22H25N3O3S. The fourth-order valence-electron chi connectivity index (χ4n) is 3.66. The Hall–Kier alpha value is -2.64. The molecule has 29 heavy (non-hydrogen) atoms. The molecule has 4 rings (SSSR count). The lowest BCUT2D eigenvalue weighted by Gasteiger charge is -2.36. The van der Waals surface area contributed by atoms with Crippen molar-refractivity contribution in [3.8, 4) is 11.3 Å². The maximum atomic E-state index is 13.1. The van der Waals surface area contributed by atoms with Gasteiger partial charge in [0.2, 0.25) is 10.0 Å². The lowest BCUT2D eigenvalue weighted by Crippen LogP contribution is -2.48. The number of benzene rings is 2. The lowest BCUT2D eigenvalue weighted by atomic mass is 10.1. The van der Waals surface area contributed by atoms with Crippen molar-refractivity contribution in [1.29, 1.82) is 0 Å². The minimum absolute atomic E-state index is 0.303. The predicted molar refractivity (Wildman–Crippen MR) is 114 cm³/mol. The van der Waals surface area contributed by atoms with Crippen LogP contribution in [0.2, 0.25) is 0 Å². The van der Waals surface area contributed by atoms with Crippen LogP contribution in [0, 0.1) is 20.8 Å². The van der Waals surface area contributed by atoms with Gasteiger partial charge in [0.05, 0.1) is 11.1 Å². The van der Waals surface area contributed by atoms with Crippen LogP contribution in [-0.2, 0) is 10.0 Å². The molecule has 7 heteroatoms. The van der Waals surface area contributed by atoms with Gasteiger partial charge in [-0.05, 0) is 55.3 Å². The molecule has 0 bridgehead atoms. The van der Waals surface area contributed by atoms with Crippen molar-refractivity contribution in [1.82, 2.24) is 9.29 Å². The first-order valence-corrected chi connectivity index (χ1v) is 11.1. The first-order chi connectivity index (χ1) is 13.8. The number of hydrogen-bond acceptors (Lipinski definition) is 5. The summed E-state index contributed by atoms with van der Waals surface area (Å²) in [5.41, 5.74) is 4.42. The van der Waals surface area contributed by atoms with Crippen LogP contribution in [0.3, 0.4) is 0 Å². The zero-order valence-electron chi connectivity index (χ0n) is 16.9. The van der Waals surface area contributed by atoms with Crippen LogP contribution >= 0.6 is 0 Å². The van der Waals surface area contributed by atoms with Crippen LogP contribution in [0.1, 0.15) is 17.0 Å². The molecule has 0 spiro atoms. The Kier molecular flexibility index (Phi) is 5.19. The Labute approximate surface area is 171 Å². The minimum Gasteiger partial charge on any atom is -0.441 e. The molecular weight excluding hydrogens is 386 g/mol. The molecule has 3 aromatic rings. The topological polar surface area (TPSA) is 66.7 Å². The Balaban J connectivity index is 1.48. The van der Waals surface area contributed by atoms with Gasteiger partial charge in [-0.25, -0.2) is 13.4 Å². The van der Waals surface area contributed by atoms with E-state index in [1.807, 2.05) is 0 Å². The van der Waals surface area contributed by atoms with E-state index >= 15 is 0 Å². The Morgan fingerprint density at radius 3 is 2.24 bits per heavy atom. The van der Waals surface area contributed by atoms with Gasteiger partial charge >= 0.3 is 0 Å². The number of piperazine rings is 1. The summed E-state index contributed by atoms with van der Waals surface area (Å²) < 4.78 is 33.2. The van der Waals surface area contributed by atoms with E-state index < -0.39 is 10.0 Å². The highest BCUT2D eigenvalue weighted by Gasteiger charge is 2.29. The van der Waals surface area contributed by atoms with Crippen molar-refractivity contribution >= 4 is 15.7 Å². The highest BCUT2D eigenvalue weighted by molar-refractivity contribution is 7.89. The van der Waals surface area contributed by atoms with Gasteiger partial charge in [-0.2, -0.15) is 4.31 Å². The van der Waals surface area contributed by atoms with E-state index in [9.17, 15) is 8.42 Å². The minimum atomic E-state index is -3.52. The molecule has 1 aliphatic heterocycles. The zero-order chi connectivity index (χ0) is 20.6. The maximum absolute atomic E-state index is 13.1. The third-order valence-corrected chi connectivity index (χ3v) is 7.25. The maximum Gasteiger partial charge on any atom is 0.243 e. The highest BCUT2D eigenvalue weighted by Crippen LogP contribution is 2.26. The average Bonchev–Trinajstić information content (AvgIpc) is 3.16. The molecule has 0 radical (unpaired) electrons. The second kappa shape index (κ2) is 7.65. The number of hydrogen-bond donors (Lipinski definition) is 0. The molecule has 152 valence electrons. The van der Waals surface area contributed by atoms with E-state index in [-0.39, 0.29) is 0 Å². The summed E-state index contributed by atoms with van der Waals surface area (Å²) >= 11 is 0. The van der Waals surface area contributed by atoms with E-state index in [0.29, 0.717) is 42.7 Å². The van der Waals surface area contributed by atoms with Gasteiger partial charge in [-0.3, -0.25) is 0 Å². The predicted octanol–water partition coefficient (Wildman–Crippen LogP) is 3.78.